The number of nitrogens with zero attached hydrogens (tertiary/aromatic N) is 2. The van der Waals surface area contributed by atoms with Gasteiger partial charge in [-0.3, -0.25) is 9.59 Å². The first-order chi connectivity index (χ1) is 14.2. The number of amides is 1. The number of hydrogen-bond acceptors (Lipinski definition) is 5. The summed E-state index contributed by atoms with van der Waals surface area (Å²) >= 11 is 0. The lowest BCUT2D eigenvalue weighted by Crippen LogP contribution is -2.53. The van der Waals surface area contributed by atoms with Crippen LogP contribution < -0.4 is 15.0 Å². The van der Waals surface area contributed by atoms with Gasteiger partial charge in [-0.15, -0.1) is 0 Å². The molecule has 166 valence electrons. The lowest BCUT2D eigenvalue weighted by Gasteiger charge is -2.31. The number of anilines is 1. The number of rotatable bonds is 10. The van der Waals surface area contributed by atoms with Crippen LogP contribution in [0.1, 0.15) is 69.8 Å². The number of nitrogens with one attached hydrogen (secondary N) is 1. The van der Waals surface area contributed by atoms with Crippen LogP contribution >= 0.6 is 0 Å². The van der Waals surface area contributed by atoms with E-state index in [1.165, 1.54) is 6.07 Å². The average Bonchev–Trinajstić information content (AvgIpc) is 3.50. The van der Waals surface area contributed by atoms with Gasteiger partial charge in [0, 0.05) is 19.4 Å². The maximum absolute atomic E-state index is 13.7. The van der Waals surface area contributed by atoms with E-state index in [9.17, 15) is 18.4 Å². The Labute approximate surface area is 176 Å². The molecule has 2 aliphatic rings. The molecule has 1 aliphatic heterocycles. The largest absolute Gasteiger partial charge is 0.476 e. The van der Waals surface area contributed by atoms with Crippen LogP contribution in [0.2, 0.25) is 0 Å². The molecule has 0 unspecified atom stereocenters. The van der Waals surface area contributed by atoms with E-state index in [1.54, 1.807) is 17.9 Å². The Morgan fingerprint density at radius 1 is 1.27 bits per heavy atom. The van der Waals surface area contributed by atoms with Crippen molar-refractivity contribution in [2.24, 2.45) is 5.92 Å². The fourth-order valence-electron chi connectivity index (χ4n) is 3.84. The molecule has 1 N–H and O–H groups in total. The molecule has 1 aromatic rings. The van der Waals surface area contributed by atoms with Gasteiger partial charge in [0.2, 0.25) is 5.88 Å². The average molecular weight is 424 g/mol. The molecule has 0 bridgehead atoms. The summed E-state index contributed by atoms with van der Waals surface area (Å²) in [6, 6.07) is 3.13. The van der Waals surface area contributed by atoms with E-state index in [2.05, 4.69) is 10.3 Å². The van der Waals surface area contributed by atoms with E-state index >= 15 is 0 Å². The first kappa shape index (κ1) is 22.4. The zero-order valence-electron chi connectivity index (χ0n) is 18.0. The number of alkyl halides is 2. The third-order valence-electron chi connectivity index (χ3n) is 6.15. The van der Waals surface area contributed by atoms with Gasteiger partial charge in [-0.1, -0.05) is 20.8 Å². The summed E-state index contributed by atoms with van der Waals surface area (Å²) in [7, 11) is 0. The first-order valence-electron chi connectivity index (χ1n) is 10.9. The summed E-state index contributed by atoms with van der Waals surface area (Å²) in [5.41, 5.74) is -0.338. The van der Waals surface area contributed by atoms with Crippen molar-refractivity contribution in [3.63, 3.8) is 0 Å². The number of Topliss-reactive ketones (excluding diaryl/α,β-unsaturated/α-hetero) is 1. The molecule has 2 heterocycles. The molecule has 0 spiro atoms. The molecule has 0 aromatic carbocycles. The summed E-state index contributed by atoms with van der Waals surface area (Å²) in [6.07, 6.45) is 3.22. The topological polar surface area (TPSA) is 71.5 Å². The number of hydrogen-bond donors (Lipinski definition) is 1. The molecule has 1 aromatic heterocycles. The Morgan fingerprint density at radius 3 is 2.50 bits per heavy atom. The van der Waals surface area contributed by atoms with Crippen LogP contribution in [-0.2, 0) is 4.79 Å². The van der Waals surface area contributed by atoms with Crippen molar-refractivity contribution >= 4 is 17.4 Å². The second-order valence-electron chi connectivity index (χ2n) is 8.32. The summed E-state index contributed by atoms with van der Waals surface area (Å²) in [6.45, 7) is 5.78. The van der Waals surface area contributed by atoms with Crippen LogP contribution in [0.4, 0.5) is 14.5 Å². The Hall–Kier alpha value is -2.25. The molecule has 2 fully saturated rings. The van der Waals surface area contributed by atoms with Gasteiger partial charge in [0.15, 0.2) is 5.78 Å². The third kappa shape index (κ3) is 4.90. The molecule has 1 amide bonds. The molecule has 1 saturated heterocycles. The first-order valence-corrected chi connectivity index (χ1v) is 10.9. The fraction of sp³-hybridized carbons (Fsp3) is 0.682. The van der Waals surface area contributed by atoms with E-state index in [4.69, 9.17) is 4.74 Å². The zero-order chi connectivity index (χ0) is 21.9. The molecule has 8 heteroatoms. The lowest BCUT2D eigenvalue weighted by molar-refractivity contribution is -0.125. The molecule has 6 nitrogen and oxygen atoms in total. The van der Waals surface area contributed by atoms with Crippen molar-refractivity contribution in [2.45, 2.75) is 70.8 Å². The smallest absolute Gasteiger partial charge is 0.270 e. The standard InChI is InChI=1S/C22H31F2N3O3/c1-4-18(28)21(5-2,6-3)26-19(29)16-9-10-17(27-12-11-22(23,24)14-27)20(25-16)30-13-15-7-8-15/h9-10,15H,4-8,11-14H2,1-3H3,(H,26,29). The normalized spacial score (nSPS) is 18.4. The summed E-state index contributed by atoms with van der Waals surface area (Å²) < 4.78 is 33.3. The monoisotopic (exact) mass is 423 g/mol. The Bertz CT molecular complexity index is 792. The van der Waals surface area contributed by atoms with Gasteiger partial charge in [-0.05, 0) is 43.7 Å². The summed E-state index contributed by atoms with van der Waals surface area (Å²) in [4.78, 5) is 31.3. The third-order valence-corrected chi connectivity index (χ3v) is 6.15. The summed E-state index contributed by atoms with van der Waals surface area (Å²) in [5.74, 6) is -2.58. The minimum atomic E-state index is -2.74. The van der Waals surface area contributed by atoms with Crippen molar-refractivity contribution < 1.29 is 23.1 Å². The number of ketones is 1. The molecule has 3 rings (SSSR count). The predicted molar refractivity (Wildman–Crippen MR) is 110 cm³/mol. The fourth-order valence-corrected chi connectivity index (χ4v) is 3.84. The van der Waals surface area contributed by atoms with Crippen molar-refractivity contribution in [1.82, 2.24) is 10.3 Å². The number of halogens is 2. The van der Waals surface area contributed by atoms with Crippen LogP contribution in [0, 0.1) is 5.92 Å². The van der Waals surface area contributed by atoms with Gasteiger partial charge in [-0.2, -0.15) is 0 Å². The molecular formula is C22H31F2N3O3. The quantitative estimate of drug-likeness (QED) is 0.616. The van der Waals surface area contributed by atoms with Crippen molar-refractivity contribution in [1.29, 1.82) is 0 Å². The van der Waals surface area contributed by atoms with Gasteiger partial charge in [0.05, 0.1) is 18.7 Å². The number of carbonyl (C=O) groups is 2. The van der Waals surface area contributed by atoms with Crippen molar-refractivity contribution in [3.05, 3.63) is 17.8 Å². The Morgan fingerprint density at radius 2 is 1.97 bits per heavy atom. The van der Waals surface area contributed by atoms with Gasteiger partial charge in [0.1, 0.15) is 11.4 Å². The van der Waals surface area contributed by atoms with Crippen LogP contribution in [0.25, 0.3) is 0 Å². The molecule has 30 heavy (non-hydrogen) atoms. The van der Waals surface area contributed by atoms with Crippen molar-refractivity contribution in [2.75, 3.05) is 24.6 Å². The number of ether oxygens (including phenoxy) is 1. The molecule has 1 aliphatic carbocycles. The van der Waals surface area contributed by atoms with Crippen LogP contribution in [0.3, 0.4) is 0 Å². The molecule has 0 atom stereocenters. The van der Waals surface area contributed by atoms with Gasteiger partial charge in [-0.25, -0.2) is 13.8 Å². The van der Waals surface area contributed by atoms with Crippen LogP contribution in [0.15, 0.2) is 12.1 Å². The van der Waals surface area contributed by atoms with Gasteiger partial charge < -0.3 is 15.0 Å². The van der Waals surface area contributed by atoms with Gasteiger partial charge in [0.25, 0.3) is 11.8 Å². The Kier molecular flexibility index (Phi) is 6.62. The minimum absolute atomic E-state index is 0.0259. The maximum atomic E-state index is 13.7. The lowest BCUT2D eigenvalue weighted by atomic mass is 9.86. The van der Waals surface area contributed by atoms with E-state index in [-0.39, 0.29) is 36.9 Å². The predicted octanol–water partition coefficient (Wildman–Crippen LogP) is 3.98. The highest BCUT2D eigenvalue weighted by atomic mass is 19.3. The van der Waals surface area contributed by atoms with Crippen LogP contribution in [0.5, 0.6) is 5.88 Å². The van der Waals surface area contributed by atoms with E-state index in [1.807, 2.05) is 13.8 Å². The van der Waals surface area contributed by atoms with Crippen molar-refractivity contribution in [3.8, 4) is 5.88 Å². The highest BCUT2D eigenvalue weighted by molar-refractivity contribution is 5.99. The molecule has 1 saturated carbocycles. The molecular weight excluding hydrogens is 392 g/mol. The van der Waals surface area contributed by atoms with E-state index in [0.29, 0.717) is 37.5 Å². The zero-order valence-corrected chi connectivity index (χ0v) is 18.0. The second kappa shape index (κ2) is 8.86. The Balaban J connectivity index is 1.84. The highest BCUT2D eigenvalue weighted by Crippen LogP contribution is 2.37. The molecule has 0 radical (unpaired) electrons. The number of carbonyl (C=O) groups excluding carboxylic acids is 2. The minimum Gasteiger partial charge on any atom is -0.476 e. The van der Waals surface area contributed by atoms with Crippen LogP contribution in [-0.4, -0.2) is 47.8 Å². The number of pyridine rings is 1. The summed E-state index contributed by atoms with van der Waals surface area (Å²) in [5, 5.41) is 2.86. The SMILES string of the molecule is CCC(=O)C(CC)(CC)NC(=O)c1ccc(N2CCC(F)(F)C2)c(OCC2CC2)n1. The van der Waals surface area contributed by atoms with E-state index < -0.39 is 17.4 Å². The van der Waals surface area contributed by atoms with Gasteiger partial charge >= 0.3 is 0 Å². The van der Waals surface area contributed by atoms with E-state index in [0.717, 1.165) is 12.8 Å². The maximum Gasteiger partial charge on any atom is 0.270 e. The highest BCUT2D eigenvalue weighted by Gasteiger charge is 2.40. The number of aromatic nitrogens is 1. The second-order valence-corrected chi connectivity index (χ2v) is 8.32.